The van der Waals surface area contributed by atoms with Crippen LogP contribution in [0.4, 0.5) is 0 Å². The molecule has 0 unspecified atom stereocenters. The second-order valence-corrected chi connectivity index (χ2v) is 7.43. The lowest BCUT2D eigenvalue weighted by molar-refractivity contribution is -0.137. The van der Waals surface area contributed by atoms with Crippen molar-refractivity contribution in [3.05, 3.63) is 22.8 Å². The molecular weight excluding hydrogens is 366 g/mol. The van der Waals surface area contributed by atoms with Crippen LogP contribution in [-0.2, 0) is 19.7 Å². The lowest BCUT2D eigenvalue weighted by Crippen LogP contribution is -2.29. The summed E-state index contributed by atoms with van der Waals surface area (Å²) in [6, 6.07) is 2.25. The van der Waals surface area contributed by atoms with E-state index in [-0.39, 0.29) is 34.4 Å². The van der Waals surface area contributed by atoms with Crippen molar-refractivity contribution in [1.29, 1.82) is 0 Å². The largest absolute Gasteiger partial charge is 0.742 e. The predicted molar refractivity (Wildman–Crippen MR) is 83.4 cm³/mol. The molecule has 0 spiro atoms. The molecule has 0 aliphatic carbocycles. The maximum absolute atomic E-state index is 12.2. The SMILES string of the molecule is O=C(O)CCCN1C(=O)/C(=C\c2ccc(S(=O)(=O)[O-])o2)SC1=S. The number of nitrogens with zero attached hydrogens (tertiary/aromatic N) is 1. The van der Waals surface area contributed by atoms with Crippen LogP contribution in [-0.4, -0.2) is 45.7 Å². The first-order valence-corrected chi connectivity index (χ1v) is 8.84. The van der Waals surface area contributed by atoms with Crippen molar-refractivity contribution in [2.45, 2.75) is 17.9 Å². The third kappa shape index (κ3) is 4.41. The average molecular weight is 376 g/mol. The van der Waals surface area contributed by atoms with Gasteiger partial charge in [-0.2, -0.15) is 0 Å². The van der Waals surface area contributed by atoms with Crippen LogP contribution in [0, 0.1) is 0 Å². The maximum atomic E-state index is 12.2. The van der Waals surface area contributed by atoms with Crippen molar-refractivity contribution in [2.75, 3.05) is 6.54 Å². The molecule has 0 atom stereocenters. The van der Waals surface area contributed by atoms with E-state index in [1.54, 1.807) is 0 Å². The molecule has 11 heteroatoms. The number of carbonyl (C=O) groups excluding carboxylic acids is 1. The number of amides is 1. The first-order valence-electron chi connectivity index (χ1n) is 6.21. The van der Waals surface area contributed by atoms with Crippen molar-refractivity contribution >= 4 is 56.4 Å². The van der Waals surface area contributed by atoms with Gasteiger partial charge in [0.15, 0.2) is 10.1 Å². The van der Waals surface area contributed by atoms with E-state index in [2.05, 4.69) is 0 Å². The van der Waals surface area contributed by atoms with Crippen LogP contribution in [0.3, 0.4) is 0 Å². The minimum absolute atomic E-state index is 0.0328. The molecule has 0 bridgehead atoms. The summed E-state index contributed by atoms with van der Waals surface area (Å²) < 4.78 is 37.6. The molecule has 1 aliphatic rings. The monoisotopic (exact) mass is 376 g/mol. The zero-order valence-electron chi connectivity index (χ0n) is 11.4. The number of hydrogen-bond donors (Lipinski definition) is 1. The lowest BCUT2D eigenvalue weighted by atomic mass is 10.3. The van der Waals surface area contributed by atoms with Gasteiger partial charge in [-0.15, -0.1) is 0 Å². The highest BCUT2D eigenvalue weighted by atomic mass is 32.2. The highest BCUT2D eigenvalue weighted by Crippen LogP contribution is 2.33. The Hall–Kier alpha value is -1.69. The summed E-state index contributed by atoms with van der Waals surface area (Å²) in [5.41, 5.74) is 0. The summed E-state index contributed by atoms with van der Waals surface area (Å²) in [6.45, 7) is 0.173. The average Bonchev–Trinajstić information content (AvgIpc) is 2.99. The molecule has 1 amide bonds. The number of thiocarbonyl (C=S) groups is 1. The van der Waals surface area contributed by atoms with Crippen molar-refractivity contribution in [1.82, 2.24) is 4.90 Å². The highest BCUT2D eigenvalue weighted by molar-refractivity contribution is 8.26. The first-order chi connectivity index (χ1) is 10.7. The Labute approximate surface area is 140 Å². The Bertz CT molecular complexity index is 793. The third-order valence-corrected chi connectivity index (χ3v) is 4.86. The van der Waals surface area contributed by atoms with Crippen molar-refractivity contribution in [3.8, 4) is 0 Å². The standard InChI is InChI=1S/C12H11NO7S3/c14-9(15)2-1-5-13-11(16)8(22-12(13)21)6-7-3-4-10(20-7)23(17,18)19/h3-4,6H,1-2,5H2,(H,14,15)(H,17,18,19)/p-1/b8-6+. The van der Waals surface area contributed by atoms with Gasteiger partial charge in [0, 0.05) is 19.0 Å². The van der Waals surface area contributed by atoms with Gasteiger partial charge < -0.3 is 14.1 Å². The molecule has 0 aromatic carbocycles. The van der Waals surface area contributed by atoms with Gasteiger partial charge in [-0.1, -0.05) is 24.0 Å². The highest BCUT2D eigenvalue weighted by Gasteiger charge is 2.32. The van der Waals surface area contributed by atoms with Crippen LogP contribution in [0.25, 0.3) is 6.08 Å². The smallest absolute Gasteiger partial charge is 0.303 e. The molecule has 1 fully saturated rings. The van der Waals surface area contributed by atoms with Gasteiger partial charge in [-0.3, -0.25) is 14.5 Å². The van der Waals surface area contributed by atoms with Gasteiger partial charge in [0.25, 0.3) is 5.91 Å². The quantitative estimate of drug-likeness (QED) is 0.443. The number of rotatable bonds is 6. The third-order valence-electron chi connectivity index (χ3n) is 2.77. The summed E-state index contributed by atoms with van der Waals surface area (Å²) in [5.74, 6) is -1.35. The van der Waals surface area contributed by atoms with Crippen LogP contribution in [0.15, 0.2) is 26.5 Å². The summed E-state index contributed by atoms with van der Waals surface area (Å²) >= 11 is 6.04. The van der Waals surface area contributed by atoms with Gasteiger partial charge in [0.05, 0.1) is 4.91 Å². The van der Waals surface area contributed by atoms with Gasteiger partial charge in [0.2, 0.25) is 5.09 Å². The Kier molecular flexibility index (Phi) is 5.24. The zero-order valence-corrected chi connectivity index (χ0v) is 13.9. The molecule has 23 heavy (non-hydrogen) atoms. The van der Waals surface area contributed by atoms with Crippen LogP contribution in [0.5, 0.6) is 0 Å². The molecule has 0 saturated carbocycles. The number of thioether (sulfide) groups is 1. The molecule has 1 aliphatic heterocycles. The fraction of sp³-hybridized carbons (Fsp3) is 0.250. The number of aliphatic carboxylic acids is 1. The van der Waals surface area contributed by atoms with Gasteiger partial charge in [0.1, 0.15) is 10.1 Å². The van der Waals surface area contributed by atoms with Crippen molar-refractivity contribution in [2.24, 2.45) is 0 Å². The number of carboxylic acid groups (broad SMARTS) is 1. The van der Waals surface area contributed by atoms with Gasteiger partial charge >= 0.3 is 5.97 Å². The summed E-state index contributed by atoms with van der Waals surface area (Å²) in [5, 5.41) is 7.86. The number of carbonyl (C=O) groups is 2. The Balaban J connectivity index is 2.12. The van der Waals surface area contributed by atoms with E-state index in [4.69, 9.17) is 21.7 Å². The van der Waals surface area contributed by atoms with E-state index < -0.39 is 27.1 Å². The number of furan rings is 1. The van der Waals surface area contributed by atoms with Crippen LogP contribution < -0.4 is 0 Å². The van der Waals surface area contributed by atoms with E-state index in [1.807, 2.05) is 0 Å². The van der Waals surface area contributed by atoms with E-state index in [0.717, 1.165) is 17.8 Å². The fourth-order valence-corrected chi connectivity index (χ4v) is 3.48. The van der Waals surface area contributed by atoms with Crippen LogP contribution in [0.1, 0.15) is 18.6 Å². The predicted octanol–water partition coefficient (Wildman–Crippen LogP) is 1.25. The molecule has 1 aromatic rings. The topological polar surface area (TPSA) is 128 Å². The van der Waals surface area contributed by atoms with Gasteiger partial charge in [-0.25, -0.2) is 8.42 Å². The summed E-state index contributed by atoms with van der Waals surface area (Å²) in [6.07, 6.45) is 1.46. The van der Waals surface area contributed by atoms with Crippen LogP contribution >= 0.6 is 24.0 Å². The molecule has 1 saturated heterocycles. The zero-order chi connectivity index (χ0) is 17.2. The molecule has 8 nitrogen and oxygen atoms in total. The first kappa shape index (κ1) is 17.7. The Morgan fingerprint density at radius 2 is 2.17 bits per heavy atom. The second kappa shape index (κ2) is 6.83. The number of carboxylic acids is 1. The fourth-order valence-electron chi connectivity index (χ4n) is 1.76. The van der Waals surface area contributed by atoms with Crippen molar-refractivity contribution < 1.29 is 32.1 Å². The van der Waals surface area contributed by atoms with Crippen LogP contribution in [0.2, 0.25) is 0 Å². The molecular formula is C12H10NO7S3-. The minimum Gasteiger partial charge on any atom is -0.742 e. The Morgan fingerprint density at radius 1 is 1.48 bits per heavy atom. The van der Waals surface area contributed by atoms with E-state index in [0.29, 0.717) is 0 Å². The number of hydrogen-bond acceptors (Lipinski definition) is 8. The lowest BCUT2D eigenvalue weighted by Gasteiger charge is -2.13. The minimum atomic E-state index is -4.70. The van der Waals surface area contributed by atoms with E-state index in [1.165, 1.54) is 17.0 Å². The molecule has 1 aromatic heterocycles. The normalized spacial score (nSPS) is 17.3. The maximum Gasteiger partial charge on any atom is 0.303 e. The van der Waals surface area contributed by atoms with Gasteiger partial charge in [-0.05, 0) is 18.6 Å². The molecule has 1 N–H and O–H groups in total. The molecule has 0 radical (unpaired) electrons. The van der Waals surface area contributed by atoms with Crippen molar-refractivity contribution in [3.63, 3.8) is 0 Å². The Morgan fingerprint density at radius 3 is 2.74 bits per heavy atom. The summed E-state index contributed by atoms with van der Waals surface area (Å²) in [4.78, 5) is 24.1. The molecule has 2 rings (SSSR count). The molecule has 124 valence electrons. The molecule has 2 heterocycles. The van der Waals surface area contributed by atoms with E-state index >= 15 is 0 Å². The second-order valence-electron chi connectivity index (χ2n) is 4.44. The van der Waals surface area contributed by atoms with E-state index in [9.17, 15) is 22.6 Å². The summed E-state index contributed by atoms with van der Waals surface area (Å²) in [7, 11) is -4.70.